The molecule has 1 amide bonds. The van der Waals surface area contributed by atoms with Gasteiger partial charge >= 0.3 is 0 Å². The zero-order chi connectivity index (χ0) is 17.6. The number of carbonyl (C=O) groups is 1. The summed E-state index contributed by atoms with van der Waals surface area (Å²) < 4.78 is 13.6. The lowest BCUT2D eigenvalue weighted by molar-refractivity contribution is -0.121. The van der Waals surface area contributed by atoms with E-state index in [0.29, 0.717) is 5.56 Å². The smallest absolute Gasteiger partial charge is 0.225 e. The van der Waals surface area contributed by atoms with Gasteiger partial charge < -0.3 is 5.32 Å². The zero-order valence-corrected chi connectivity index (χ0v) is 14.1. The predicted octanol–water partition coefficient (Wildman–Crippen LogP) is 4.91. The molecule has 0 aliphatic carbocycles. The molecular weight excluding hydrogens is 313 g/mol. The van der Waals surface area contributed by atoms with Gasteiger partial charge in [0, 0.05) is 0 Å². The first-order valence-electron chi connectivity index (χ1n) is 8.31. The van der Waals surface area contributed by atoms with E-state index in [2.05, 4.69) is 17.4 Å². The number of amides is 1. The van der Waals surface area contributed by atoms with Crippen molar-refractivity contribution < 1.29 is 9.18 Å². The molecule has 0 radical (unpaired) electrons. The van der Waals surface area contributed by atoms with E-state index < -0.39 is 0 Å². The van der Waals surface area contributed by atoms with E-state index in [0.717, 1.165) is 16.7 Å². The third kappa shape index (κ3) is 4.32. The molecule has 0 fully saturated rings. The van der Waals surface area contributed by atoms with E-state index in [1.807, 2.05) is 49.4 Å². The highest BCUT2D eigenvalue weighted by atomic mass is 19.1. The number of rotatable bonds is 5. The highest BCUT2D eigenvalue weighted by Crippen LogP contribution is 2.21. The number of hydrogen-bond donors (Lipinski definition) is 1. The normalized spacial score (nSPS) is 11.8. The fourth-order valence-corrected chi connectivity index (χ4v) is 2.79. The molecular formula is C22H20FNO. The third-order valence-electron chi connectivity index (χ3n) is 4.20. The van der Waals surface area contributed by atoms with Crippen molar-refractivity contribution in [2.45, 2.75) is 19.4 Å². The van der Waals surface area contributed by atoms with Gasteiger partial charge in [-0.25, -0.2) is 4.39 Å². The Morgan fingerprint density at radius 2 is 1.48 bits per heavy atom. The van der Waals surface area contributed by atoms with E-state index >= 15 is 0 Å². The Morgan fingerprint density at radius 3 is 2.16 bits per heavy atom. The molecule has 0 aliphatic heterocycles. The Hall–Kier alpha value is -2.94. The molecule has 1 atom stereocenters. The van der Waals surface area contributed by atoms with Crippen molar-refractivity contribution in [3.8, 4) is 11.1 Å². The summed E-state index contributed by atoms with van der Waals surface area (Å²) in [5.41, 5.74) is 3.72. The second-order valence-corrected chi connectivity index (χ2v) is 6.05. The van der Waals surface area contributed by atoms with Gasteiger partial charge in [-0.05, 0) is 35.2 Å². The van der Waals surface area contributed by atoms with Crippen molar-refractivity contribution in [1.29, 1.82) is 0 Å². The molecule has 0 saturated heterocycles. The van der Waals surface area contributed by atoms with Crippen LogP contribution in [0, 0.1) is 5.82 Å². The largest absolute Gasteiger partial charge is 0.349 e. The fraction of sp³-hybridized carbons (Fsp3) is 0.136. The standard InChI is InChI=1S/C22H20FNO/c1-16(24-22(25)15-20-9-5-6-10-21(20)23)17-11-13-19(14-12-17)18-7-3-2-4-8-18/h2-14,16H,15H2,1H3,(H,24,25)/t16-/m1/s1. The lowest BCUT2D eigenvalue weighted by Gasteiger charge is -2.15. The molecule has 0 saturated carbocycles. The van der Waals surface area contributed by atoms with Gasteiger partial charge in [-0.2, -0.15) is 0 Å². The first-order chi connectivity index (χ1) is 12.1. The molecule has 3 aromatic carbocycles. The van der Waals surface area contributed by atoms with Gasteiger partial charge in [-0.1, -0.05) is 72.8 Å². The van der Waals surface area contributed by atoms with Crippen molar-refractivity contribution >= 4 is 5.91 Å². The first-order valence-corrected chi connectivity index (χ1v) is 8.31. The van der Waals surface area contributed by atoms with Crippen LogP contribution in [0.2, 0.25) is 0 Å². The number of carbonyl (C=O) groups excluding carboxylic acids is 1. The molecule has 3 heteroatoms. The Bertz CT molecular complexity index is 843. The summed E-state index contributed by atoms with van der Waals surface area (Å²) in [6.07, 6.45) is 0.0408. The highest BCUT2D eigenvalue weighted by Gasteiger charge is 2.12. The monoisotopic (exact) mass is 333 g/mol. The summed E-state index contributed by atoms with van der Waals surface area (Å²) in [5.74, 6) is -0.540. The van der Waals surface area contributed by atoms with Gasteiger partial charge in [0.15, 0.2) is 0 Å². The highest BCUT2D eigenvalue weighted by molar-refractivity contribution is 5.79. The fourth-order valence-electron chi connectivity index (χ4n) is 2.79. The van der Waals surface area contributed by atoms with Gasteiger partial charge in [-0.15, -0.1) is 0 Å². The third-order valence-corrected chi connectivity index (χ3v) is 4.20. The van der Waals surface area contributed by atoms with E-state index in [-0.39, 0.29) is 24.2 Å². The topological polar surface area (TPSA) is 29.1 Å². The minimum atomic E-state index is -0.350. The van der Waals surface area contributed by atoms with E-state index in [1.165, 1.54) is 6.07 Å². The molecule has 25 heavy (non-hydrogen) atoms. The van der Waals surface area contributed by atoms with Gasteiger partial charge in [0.2, 0.25) is 5.91 Å². The Balaban J connectivity index is 1.64. The SMILES string of the molecule is C[C@@H](NC(=O)Cc1ccccc1F)c1ccc(-c2ccccc2)cc1. The second kappa shape index (κ2) is 7.75. The van der Waals surface area contributed by atoms with Gasteiger partial charge in [0.05, 0.1) is 12.5 Å². The summed E-state index contributed by atoms with van der Waals surface area (Å²) in [5, 5.41) is 2.93. The van der Waals surface area contributed by atoms with Crippen molar-refractivity contribution in [3.63, 3.8) is 0 Å². The Labute approximate surface area is 147 Å². The molecule has 0 bridgehead atoms. The summed E-state index contributed by atoms with van der Waals surface area (Å²) in [7, 11) is 0. The average Bonchev–Trinajstić information content (AvgIpc) is 2.64. The summed E-state index contributed by atoms with van der Waals surface area (Å²) in [6.45, 7) is 1.93. The second-order valence-electron chi connectivity index (χ2n) is 6.05. The zero-order valence-electron chi connectivity index (χ0n) is 14.1. The van der Waals surface area contributed by atoms with E-state index in [9.17, 15) is 9.18 Å². The van der Waals surface area contributed by atoms with Gasteiger partial charge in [-0.3, -0.25) is 4.79 Å². The first kappa shape index (κ1) is 16.9. The van der Waals surface area contributed by atoms with Crippen molar-refractivity contribution in [3.05, 3.63) is 95.8 Å². The molecule has 0 unspecified atom stereocenters. The number of halogens is 1. The summed E-state index contributed by atoms with van der Waals surface area (Å²) in [4.78, 5) is 12.2. The molecule has 0 aromatic heterocycles. The van der Waals surface area contributed by atoms with Gasteiger partial charge in [0.25, 0.3) is 0 Å². The van der Waals surface area contributed by atoms with Crippen molar-refractivity contribution in [1.82, 2.24) is 5.32 Å². The lowest BCUT2D eigenvalue weighted by Crippen LogP contribution is -2.28. The van der Waals surface area contributed by atoms with Crippen LogP contribution in [-0.2, 0) is 11.2 Å². The van der Waals surface area contributed by atoms with Gasteiger partial charge in [0.1, 0.15) is 5.82 Å². The molecule has 126 valence electrons. The average molecular weight is 333 g/mol. The Morgan fingerprint density at radius 1 is 0.880 bits per heavy atom. The maximum atomic E-state index is 13.6. The van der Waals surface area contributed by atoms with Crippen LogP contribution in [0.1, 0.15) is 24.1 Å². The van der Waals surface area contributed by atoms with Crippen molar-refractivity contribution in [2.24, 2.45) is 0 Å². The minimum Gasteiger partial charge on any atom is -0.349 e. The molecule has 3 aromatic rings. The molecule has 0 spiro atoms. The molecule has 2 nitrogen and oxygen atoms in total. The molecule has 1 N–H and O–H groups in total. The molecule has 3 rings (SSSR count). The lowest BCUT2D eigenvalue weighted by atomic mass is 10.0. The van der Waals surface area contributed by atoms with Crippen LogP contribution >= 0.6 is 0 Å². The number of nitrogens with one attached hydrogen (secondary N) is 1. The van der Waals surface area contributed by atoms with Crippen LogP contribution in [0.3, 0.4) is 0 Å². The van der Waals surface area contributed by atoms with Crippen LogP contribution < -0.4 is 5.32 Å². The molecule has 0 aliphatic rings. The number of benzene rings is 3. The maximum absolute atomic E-state index is 13.6. The molecule has 0 heterocycles. The van der Waals surface area contributed by atoms with Crippen LogP contribution in [0.5, 0.6) is 0 Å². The van der Waals surface area contributed by atoms with Crippen LogP contribution in [0.4, 0.5) is 4.39 Å². The summed E-state index contributed by atoms with van der Waals surface area (Å²) in [6, 6.07) is 24.5. The predicted molar refractivity (Wildman–Crippen MR) is 98.5 cm³/mol. The maximum Gasteiger partial charge on any atom is 0.225 e. The van der Waals surface area contributed by atoms with E-state index in [1.54, 1.807) is 18.2 Å². The van der Waals surface area contributed by atoms with E-state index in [4.69, 9.17) is 0 Å². The van der Waals surface area contributed by atoms with Crippen molar-refractivity contribution in [2.75, 3.05) is 0 Å². The quantitative estimate of drug-likeness (QED) is 0.706. The van der Waals surface area contributed by atoms with Crippen LogP contribution in [0.15, 0.2) is 78.9 Å². The Kier molecular flexibility index (Phi) is 5.24. The summed E-state index contributed by atoms with van der Waals surface area (Å²) >= 11 is 0. The number of hydrogen-bond acceptors (Lipinski definition) is 1. The van der Waals surface area contributed by atoms with Crippen LogP contribution in [-0.4, -0.2) is 5.91 Å². The minimum absolute atomic E-state index is 0.0408. The van der Waals surface area contributed by atoms with Crippen LogP contribution in [0.25, 0.3) is 11.1 Å².